The summed E-state index contributed by atoms with van der Waals surface area (Å²) < 4.78 is 16.8. The van der Waals surface area contributed by atoms with Crippen LogP contribution in [0.3, 0.4) is 0 Å². The van der Waals surface area contributed by atoms with Gasteiger partial charge in [0.05, 0.1) is 24.5 Å². The lowest BCUT2D eigenvalue weighted by atomic mass is 10.2. The summed E-state index contributed by atoms with van der Waals surface area (Å²) in [6.07, 6.45) is 1.50. The van der Waals surface area contributed by atoms with Crippen molar-refractivity contribution in [3.8, 4) is 17.2 Å². The predicted octanol–water partition coefficient (Wildman–Crippen LogP) is 6.13. The molecule has 1 N–H and O–H groups in total. The van der Waals surface area contributed by atoms with Crippen molar-refractivity contribution in [2.75, 3.05) is 13.2 Å². The van der Waals surface area contributed by atoms with E-state index in [0.717, 1.165) is 5.56 Å². The smallest absolute Gasteiger partial charge is 0.271 e. The van der Waals surface area contributed by atoms with Gasteiger partial charge in [-0.05, 0) is 61.9 Å². The van der Waals surface area contributed by atoms with Gasteiger partial charge in [0.1, 0.15) is 12.4 Å². The van der Waals surface area contributed by atoms with Crippen molar-refractivity contribution < 1.29 is 19.0 Å². The average Bonchev–Trinajstić information content (AvgIpc) is 2.81. The summed E-state index contributed by atoms with van der Waals surface area (Å²) >= 11 is 12.5. The maximum Gasteiger partial charge on any atom is 0.271 e. The molecule has 0 aromatic heterocycles. The fraction of sp³-hybridized carbons (Fsp3) is 0.200. The van der Waals surface area contributed by atoms with Gasteiger partial charge in [0.2, 0.25) is 0 Å². The lowest BCUT2D eigenvalue weighted by Crippen LogP contribution is -2.17. The minimum atomic E-state index is -0.374. The van der Waals surface area contributed by atoms with Crippen LogP contribution in [0.4, 0.5) is 0 Å². The molecule has 1 amide bonds. The molecule has 0 bridgehead atoms. The van der Waals surface area contributed by atoms with E-state index in [4.69, 9.17) is 37.4 Å². The lowest BCUT2D eigenvalue weighted by Gasteiger charge is -2.11. The van der Waals surface area contributed by atoms with Crippen LogP contribution in [0.2, 0.25) is 10.0 Å². The first-order valence-electron chi connectivity index (χ1n) is 10.4. The Bertz CT molecular complexity index is 1140. The number of carbonyl (C=O) groups excluding carboxylic acids is 1. The number of amides is 1. The van der Waals surface area contributed by atoms with Gasteiger partial charge >= 0.3 is 0 Å². The molecule has 0 saturated carbocycles. The highest BCUT2D eigenvalue weighted by atomic mass is 35.5. The van der Waals surface area contributed by atoms with Gasteiger partial charge in [0.15, 0.2) is 11.5 Å². The van der Waals surface area contributed by atoms with Crippen LogP contribution in [-0.2, 0) is 6.61 Å². The Kier molecular flexibility index (Phi) is 8.98. The molecule has 33 heavy (non-hydrogen) atoms. The van der Waals surface area contributed by atoms with Crippen molar-refractivity contribution in [1.29, 1.82) is 0 Å². The highest BCUT2D eigenvalue weighted by Crippen LogP contribution is 2.29. The second-order valence-electron chi connectivity index (χ2n) is 6.80. The van der Waals surface area contributed by atoms with Crippen molar-refractivity contribution >= 4 is 35.3 Å². The number of hydrogen-bond donors (Lipinski definition) is 1. The van der Waals surface area contributed by atoms with E-state index in [0.29, 0.717) is 58.2 Å². The van der Waals surface area contributed by atoms with Gasteiger partial charge in [-0.1, -0.05) is 41.4 Å². The van der Waals surface area contributed by atoms with Crippen molar-refractivity contribution in [3.05, 3.63) is 87.4 Å². The maximum absolute atomic E-state index is 12.5. The molecule has 0 saturated heterocycles. The van der Waals surface area contributed by atoms with Gasteiger partial charge in [-0.15, -0.1) is 0 Å². The molecule has 0 fully saturated rings. The molecule has 3 aromatic rings. The van der Waals surface area contributed by atoms with Gasteiger partial charge in [-0.3, -0.25) is 4.79 Å². The summed E-state index contributed by atoms with van der Waals surface area (Å²) in [6.45, 7) is 5.01. The number of ether oxygens (including phenoxy) is 3. The highest BCUT2D eigenvalue weighted by molar-refractivity contribution is 6.32. The fourth-order valence-electron chi connectivity index (χ4n) is 2.91. The van der Waals surface area contributed by atoms with Gasteiger partial charge < -0.3 is 14.2 Å². The zero-order chi connectivity index (χ0) is 23.6. The minimum absolute atomic E-state index is 0.300. The van der Waals surface area contributed by atoms with Gasteiger partial charge in [0, 0.05) is 16.1 Å². The Balaban J connectivity index is 1.60. The molecule has 0 radical (unpaired) electrons. The zero-order valence-electron chi connectivity index (χ0n) is 18.3. The monoisotopic (exact) mass is 486 g/mol. The number of benzene rings is 3. The van der Waals surface area contributed by atoms with E-state index < -0.39 is 0 Å². The third kappa shape index (κ3) is 6.88. The molecule has 0 atom stereocenters. The molecule has 0 spiro atoms. The summed E-state index contributed by atoms with van der Waals surface area (Å²) in [7, 11) is 0. The summed E-state index contributed by atoms with van der Waals surface area (Å²) in [5, 5.41) is 5.07. The van der Waals surface area contributed by atoms with Crippen molar-refractivity contribution in [2.24, 2.45) is 5.10 Å². The fourth-order valence-corrected chi connectivity index (χ4v) is 3.34. The molecule has 0 heterocycles. The zero-order valence-corrected chi connectivity index (χ0v) is 19.8. The van der Waals surface area contributed by atoms with Crippen LogP contribution < -0.4 is 19.6 Å². The van der Waals surface area contributed by atoms with Crippen LogP contribution in [-0.4, -0.2) is 25.3 Å². The van der Waals surface area contributed by atoms with Gasteiger partial charge in [0.25, 0.3) is 5.91 Å². The number of nitrogens with one attached hydrogen (secondary N) is 1. The second kappa shape index (κ2) is 12.1. The van der Waals surface area contributed by atoms with Gasteiger partial charge in [-0.25, -0.2) is 5.43 Å². The largest absolute Gasteiger partial charge is 0.490 e. The lowest BCUT2D eigenvalue weighted by molar-refractivity contribution is 0.0954. The Labute approximate surface area is 203 Å². The number of hydrogen-bond acceptors (Lipinski definition) is 5. The first-order valence-corrected chi connectivity index (χ1v) is 11.2. The van der Waals surface area contributed by atoms with Crippen molar-refractivity contribution in [3.63, 3.8) is 0 Å². The molecule has 172 valence electrons. The SMILES string of the molecule is CCOc1ccc(C(=O)N/N=C/c2ccc(OCc3ccccc3Cl)c(Cl)c2)cc1OCC. The summed E-state index contributed by atoms with van der Waals surface area (Å²) in [4.78, 5) is 12.5. The summed E-state index contributed by atoms with van der Waals surface area (Å²) in [5.74, 6) is 1.25. The third-order valence-electron chi connectivity index (χ3n) is 4.48. The first kappa shape index (κ1) is 24.4. The average molecular weight is 487 g/mol. The van der Waals surface area contributed by atoms with Crippen LogP contribution in [0, 0.1) is 0 Å². The third-order valence-corrected chi connectivity index (χ3v) is 5.15. The summed E-state index contributed by atoms with van der Waals surface area (Å²) in [6, 6.07) is 17.7. The van der Waals surface area contributed by atoms with E-state index in [-0.39, 0.29) is 5.91 Å². The molecule has 0 aliphatic carbocycles. The van der Waals surface area contributed by atoms with Crippen LogP contribution in [0.15, 0.2) is 65.8 Å². The van der Waals surface area contributed by atoms with E-state index in [1.807, 2.05) is 32.0 Å². The van der Waals surface area contributed by atoms with E-state index >= 15 is 0 Å². The number of carbonyl (C=O) groups is 1. The highest BCUT2D eigenvalue weighted by Gasteiger charge is 2.11. The normalized spacial score (nSPS) is 10.8. The molecule has 3 rings (SSSR count). The summed E-state index contributed by atoms with van der Waals surface area (Å²) in [5.41, 5.74) is 4.47. The van der Waals surface area contributed by atoms with Crippen molar-refractivity contribution in [1.82, 2.24) is 5.43 Å². The van der Waals surface area contributed by atoms with E-state index in [9.17, 15) is 4.79 Å². The standard InChI is InChI=1S/C25H24Cl2N2O4/c1-3-31-23-12-10-18(14-24(23)32-4-2)25(30)29-28-15-17-9-11-22(21(27)13-17)33-16-19-7-5-6-8-20(19)26/h5-15H,3-4,16H2,1-2H3,(H,29,30)/b28-15+. The Morgan fingerprint density at radius 1 is 0.879 bits per heavy atom. The number of nitrogens with zero attached hydrogens (tertiary/aromatic N) is 1. The van der Waals surface area contributed by atoms with E-state index in [1.54, 1.807) is 42.5 Å². The maximum atomic E-state index is 12.5. The quantitative estimate of drug-likeness (QED) is 0.276. The molecule has 0 aliphatic rings. The molecule has 0 aliphatic heterocycles. The van der Waals surface area contributed by atoms with E-state index in [1.165, 1.54) is 6.21 Å². The predicted molar refractivity (Wildman–Crippen MR) is 131 cm³/mol. The van der Waals surface area contributed by atoms with Crippen LogP contribution in [0.1, 0.15) is 35.3 Å². The molecule has 6 nitrogen and oxygen atoms in total. The topological polar surface area (TPSA) is 69.2 Å². The van der Waals surface area contributed by atoms with Crippen LogP contribution in [0.5, 0.6) is 17.2 Å². The molecule has 8 heteroatoms. The Hall–Kier alpha value is -3.22. The second-order valence-corrected chi connectivity index (χ2v) is 7.61. The minimum Gasteiger partial charge on any atom is -0.490 e. The Morgan fingerprint density at radius 2 is 1.61 bits per heavy atom. The van der Waals surface area contributed by atoms with Gasteiger partial charge in [-0.2, -0.15) is 5.10 Å². The first-order chi connectivity index (χ1) is 16.0. The van der Waals surface area contributed by atoms with Crippen LogP contribution >= 0.6 is 23.2 Å². The molecule has 0 unspecified atom stereocenters. The number of rotatable bonds is 10. The van der Waals surface area contributed by atoms with E-state index in [2.05, 4.69) is 10.5 Å². The molecular formula is C25H24Cl2N2O4. The number of halogens is 2. The Morgan fingerprint density at radius 3 is 2.33 bits per heavy atom. The molecule has 3 aromatic carbocycles. The van der Waals surface area contributed by atoms with Crippen LogP contribution in [0.25, 0.3) is 0 Å². The van der Waals surface area contributed by atoms with Crippen molar-refractivity contribution in [2.45, 2.75) is 20.5 Å². The molecular weight excluding hydrogens is 463 g/mol. The number of hydrazone groups is 1.